The largest absolute Gasteiger partial charge is 0.388 e. The van der Waals surface area contributed by atoms with Crippen LogP contribution in [0.15, 0.2) is 42.6 Å². The number of nitrogens with one attached hydrogen (secondary N) is 1. The van der Waals surface area contributed by atoms with Gasteiger partial charge in [-0.05, 0) is 50.3 Å². The monoisotopic (exact) mass is 339 g/mol. The quantitative estimate of drug-likeness (QED) is 0.890. The molecule has 5 heteroatoms. The fourth-order valence-corrected chi connectivity index (χ4v) is 3.37. The number of amides is 2. The molecule has 1 fully saturated rings. The lowest BCUT2D eigenvalue weighted by Gasteiger charge is -2.27. The molecule has 2 aromatic rings. The second-order valence-corrected chi connectivity index (χ2v) is 6.72. The second kappa shape index (κ2) is 7.66. The molecule has 0 spiro atoms. The summed E-state index contributed by atoms with van der Waals surface area (Å²) >= 11 is 0. The first-order valence-electron chi connectivity index (χ1n) is 8.78. The second-order valence-electron chi connectivity index (χ2n) is 6.72. The summed E-state index contributed by atoms with van der Waals surface area (Å²) in [7, 11) is 0. The molecule has 0 bridgehead atoms. The molecule has 2 amide bonds. The number of carbonyl (C=O) groups is 1. The molecule has 0 unspecified atom stereocenters. The summed E-state index contributed by atoms with van der Waals surface area (Å²) in [6.07, 6.45) is 3.67. The molecule has 132 valence electrons. The number of rotatable bonds is 4. The van der Waals surface area contributed by atoms with Crippen molar-refractivity contribution in [3.63, 3.8) is 0 Å². The fourth-order valence-electron chi connectivity index (χ4n) is 3.37. The van der Waals surface area contributed by atoms with Crippen LogP contribution in [0.3, 0.4) is 0 Å². The molecule has 1 aliphatic rings. The molecule has 1 aromatic carbocycles. The molecule has 25 heavy (non-hydrogen) atoms. The van der Waals surface area contributed by atoms with E-state index in [2.05, 4.69) is 10.3 Å². The average molecular weight is 339 g/mol. The molecule has 3 rings (SSSR count). The van der Waals surface area contributed by atoms with Gasteiger partial charge in [-0.15, -0.1) is 0 Å². The van der Waals surface area contributed by atoms with Gasteiger partial charge in [-0.2, -0.15) is 0 Å². The number of nitrogens with zero attached hydrogens (tertiary/aromatic N) is 2. The topological polar surface area (TPSA) is 65.5 Å². The maximum absolute atomic E-state index is 12.7. The number of urea groups is 1. The summed E-state index contributed by atoms with van der Waals surface area (Å²) in [6, 6.07) is 11.5. The van der Waals surface area contributed by atoms with E-state index < -0.39 is 6.10 Å². The number of aliphatic hydroxyl groups excluding tert-OH is 1. The van der Waals surface area contributed by atoms with Crippen LogP contribution in [0.2, 0.25) is 0 Å². The van der Waals surface area contributed by atoms with Gasteiger partial charge in [0.1, 0.15) is 0 Å². The van der Waals surface area contributed by atoms with Crippen molar-refractivity contribution in [3.8, 4) is 0 Å². The van der Waals surface area contributed by atoms with Crippen LogP contribution in [0.1, 0.15) is 42.2 Å². The Hall–Kier alpha value is -2.40. The Labute approximate surface area is 148 Å². The number of likely N-dealkylation sites (tertiary alicyclic amines) is 1. The first-order chi connectivity index (χ1) is 12.0. The van der Waals surface area contributed by atoms with E-state index in [0.29, 0.717) is 6.42 Å². The van der Waals surface area contributed by atoms with Crippen molar-refractivity contribution in [3.05, 3.63) is 59.4 Å². The van der Waals surface area contributed by atoms with Gasteiger partial charge in [0.15, 0.2) is 0 Å². The lowest BCUT2D eigenvalue weighted by molar-refractivity contribution is 0.130. The molecule has 0 aliphatic carbocycles. The minimum Gasteiger partial charge on any atom is -0.388 e. The number of aromatic nitrogens is 1. The van der Waals surface area contributed by atoms with Crippen molar-refractivity contribution in [1.29, 1.82) is 0 Å². The summed E-state index contributed by atoms with van der Waals surface area (Å²) in [5, 5.41) is 13.5. The predicted molar refractivity (Wildman–Crippen MR) is 98.5 cm³/mol. The van der Waals surface area contributed by atoms with Crippen LogP contribution in [0.5, 0.6) is 0 Å². The summed E-state index contributed by atoms with van der Waals surface area (Å²) < 4.78 is 0. The van der Waals surface area contributed by atoms with Gasteiger partial charge in [-0.1, -0.05) is 30.3 Å². The van der Waals surface area contributed by atoms with Crippen LogP contribution in [0.25, 0.3) is 0 Å². The molecular weight excluding hydrogens is 314 g/mol. The van der Waals surface area contributed by atoms with E-state index >= 15 is 0 Å². The number of carbonyl (C=O) groups excluding carboxylic acids is 1. The van der Waals surface area contributed by atoms with Crippen molar-refractivity contribution in [2.45, 2.75) is 45.3 Å². The third-order valence-corrected chi connectivity index (χ3v) is 4.80. The number of benzene rings is 1. The predicted octanol–water partition coefficient (Wildman–Crippen LogP) is 3.82. The van der Waals surface area contributed by atoms with Crippen molar-refractivity contribution < 1.29 is 9.90 Å². The van der Waals surface area contributed by atoms with Gasteiger partial charge in [0.2, 0.25) is 0 Å². The lowest BCUT2D eigenvalue weighted by Crippen LogP contribution is -2.39. The van der Waals surface area contributed by atoms with Gasteiger partial charge in [-0.25, -0.2) is 4.79 Å². The number of anilines is 1. The molecule has 1 saturated heterocycles. The Bertz CT molecular complexity index is 733. The minimum atomic E-state index is -0.551. The summed E-state index contributed by atoms with van der Waals surface area (Å²) in [6.45, 7) is 4.56. The van der Waals surface area contributed by atoms with E-state index in [9.17, 15) is 9.90 Å². The van der Waals surface area contributed by atoms with Gasteiger partial charge in [0.25, 0.3) is 0 Å². The van der Waals surface area contributed by atoms with E-state index in [0.717, 1.165) is 41.9 Å². The van der Waals surface area contributed by atoms with Gasteiger partial charge < -0.3 is 15.3 Å². The summed E-state index contributed by atoms with van der Waals surface area (Å²) in [5.41, 5.74) is 3.51. The molecule has 0 saturated carbocycles. The number of aliphatic hydroxyl groups is 1. The maximum atomic E-state index is 12.7. The summed E-state index contributed by atoms with van der Waals surface area (Å²) in [5.74, 6) is 0. The smallest absolute Gasteiger partial charge is 0.322 e. The molecular formula is C20H25N3O2. The van der Waals surface area contributed by atoms with Crippen molar-refractivity contribution >= 4 is 11.7 Å². The Balaban J connectivity index is 1.66. The third-order valence-electron chi connectivity index (χ3n) is 4.80. The molecule has 2 N–H and O–H groups in total. The molecule has 1 aromatic heterocycles. The van der Waals surface area contributed by atoms with Crippen LogP contribution >= 0.6 is 0 Å². The standard InChI is InChI=1S/C20H25N3O2/c1-14-13-21-15(2)11-18(14)22-20(25)23-10-6-9-17(23)12-19(24)16-7-4-3-5-8-16/h3-5,7-8,11,13,17,19,24H,6,9-10,12H2,1-2H3,(H,21,22,25)/t17-,19-/m0/s1. The number of pyridine rings is 1. The molecule has 1 aliphatic heterocycles. The van der Waals surface area contributed by atoms with Gasteiger partial charge in [-0.3, -0.25) is 4.98 Å². The van der Waals surface area contributed by atoms with E-state index in [1.807, 2.05) is 55.1 Å². The molecule has 5 nitrogen and oxygen atoms in total. The molecule has 2 atom stereocenters. The SMILES string of the molecule is Cc1cc(NC(=O)N2CCC[C@H]2C[C@H](O)c2ccccc2)c(C)cn1. The minimum absolute atomic E-state index is 0.0541. The maximum Gasteiger partial charge on any atom is 0.322 e. The van der Waals surface area contributed by atoms with Crippen LogP contribution in [-0.2, 0) is 0 Å². The number of aryl methyl sites for hydroxylation is 2. The van der Waals surface area contributed by atoms with Crippen molar-refractivity contribution in [2.75, 3.05) is 11.9 Å². The molecule has 0 radical (unpaired) electrons. The van der Waals surface area contributed by atoms with Gasteiger partial charge >= 0.3 is 6.03 Å². The van der Waals surface area contributed by atoms with E-state index in [1.54, 1.807) is 6.20 Å². The highest BCUT2D eigenvalue weighted by atomic mass is 16.3. The Morgan fingerprint density at radius 2 is 2.12 bits per heavy atom. The average Bonchev–Trinajstić information content (AvgIpc) is 3.07. The highest BCUT2D eigenvalue weighted by Gasteiger charge is 2.31. The zero-order valence-electron chi connectivity index (χ0n) is 14.8. The Morgan fingerprint density at radius 3 is 2.88 bits per heavy atom. The van der Waals surface area contributed by atoms with Gasteiger partial charge in [0.05, 0.1) is 6.10 Å². The van der Waals surface area contributed by atoms with E-state index in [4.69, 9.17) is 0 Å². The number of hydrogen-bond acceptors (Lipinski definition) is 3. The third kappa shape index (κ3) is 4.17. The molecule has 2 heterocycles. The van der Waals surface area contributed by atoms with Crippen LogP contribution in [0, 0.1) is 13.8 Å². The fraction of sp³-hybridized carbons (Fsp3) is 0.400. The van der Waals surface area contributed by atoms with Crippen LogP contribution in [0.4, 0.5) is 10.5 Å². The highest BCUT2D eigenvalue weighted by molar-refractivity contribution is 5.90. The van der Waals surface area contributed by atoms with E-state index in [-0.39, 0.29) is 12.1 Å². The first kappa shape index (κ1) is 17.4. The van der Waals surface area contributed by atoms with Crippen LogP contribution in [-0.4, -0.2) is 33.6 Å². The normalized spacial score (nSPS) is 18.2. The highest BCUT2D eigenvalue weighted by Crippen LogP contribution is 2.28. The van der Waals surface area contributed by atoms with Crippen molar-refractivity contribution in [2.24, 2.45) is 0 Å². The summed E-state index contributed by atoms with van der Waals surface area (Å²) in [4.78, 5) is 18.8. The van der Waals surface area contributed by atoms with Crippen molar-refractivity contribution in [1.82, 2.24) is 9.88 Å². The van der Waals surface area contributed by atoms with Gasteiger partial charge in [0, 0.05) is 30.2 Å². The lowest BCUT2D eigenvalue weighted by atomic mass is 10.0. The van der Waals surface area contributed by atoms with E-state index in [1.165, 1.54) is 0 Å². The Morgan fingerprint density at radius 1 is 1.36 bits per heavy atom. The zero-order chi connectivity index (χ0) is 17.8. The zero-order valence-corrected chi connectivity index (χ0v) is 14.8. The van der Waals surface area contributed by atoms with Crippen LogP contribution < -0.4 is 5.32 Å². The first-order valence-corrected chi connectivity index (χ1v) is 8.78. The number of hydrogen-bond donors (Lipinski definition) is 2. The Kier molecular flexibility index (Phi) is 5.34.